The van der Waals surface area contributed by atoms with Crippen LogP contribution in [-0.2, 0) is 16.9 Å². The van der Waals surface area contributed by atoms with Crippen molar-refractivity contribution >= 4 is 5.91 Å². The second kappa shape index (κ2) is 7.18. The molecule has 4 rings (SSSR count). The number of piperidine rings is 1. The Morgan fingerprint density at radius 2 is 2.04 bits per heavy atom. The minimum atomic E-state index is -0.653. The lowest BCUT2D eigenvalue weighted by Crippen LogP contribution is -2.52. The van der Waals surface area contributed by atoms with Gasteiger partial charge in [-0.3, -0.25) is 9.48 Å². The molecule has 0 aliphatic carbocycles. The number of halogens is 1. The van der Waals surface area contributed by atoms with Crippen molar-refractivity contribution in [1.82, 2.24) is 24.8 Å². The summed E-state index contributed by atoms with van der Waals surface area (Å²) in [4.78, 5) is 19.4. The van der Waals surface area contributed by atoms with Gasteiger partial charge in [0.2, 0.25) is 5.91 Å². The lowest BCUT2D eigenvalue weighted by atomic mass is 9.87. The number of nitrogens with zero attached hydrogens (tertiary/aromatic N) is 5. The van der Waals surface area contributed by atoms with Crippen molar-refractivity contribution in [3.63, 3.8) is 0 Å². The van der Waals surface area contributed by atoms with Crippen LogP contribution in [0.15, 0.2) is 41.1 Å². The van der Waals surface area contributed by atoms with E-state index in [9.17, 15) is 9.18 Å². The standard InChI is InChI=1S/C20H22FN5O2/c1-14-9-12-25(23-14)13-17(27)26-11-4-3-10-20(26,2)19-22-18(28-24-19)15-5-7-16(21)8-6-15/h5-9,12H,3-4,10-11,13H2,1-2H3. The molecule has 3 heterocycles. The molecule has 1 atom stereocenters. The van der Waals surface area contributed by atoms with Crippen molar-refractivity contribution in [2.75, 3.05) is 6.54 Å². The quantitative estimate of drug-likeness (QED) is 0.691. The SMILES string of the molecule is Cc1ccn(CC(=O)N2CCCCC2(C)c2noc(-c3ccc(F)cc3)n2)n1. The third-order valence-electron chi connectivity index (χ3n) is 5.26. The Balaban J connectivity index is 1.60. The molecule has 1 aliphatic heterocycles. The van der Waals surface area contributed by atoms with E-state index < -0.39 is 5.54 Å². The number of carbonyl (C=O) groups is 1. The third-order valence-corrected chi connectivity index (χ3v) is 5.26. The van der Waals surface area contributed by atoms with Crippen LogP contribution in [0.5, 0.6) is 0 Å². The van der Waals surface area contributed by atoms with Gasteiger partial charge < -0.3 is 9.42 Å². The Morgan fingerprint density at radius 3 is 2.75 bits per heavy atom. The fraction of sp³-hybridized carbons (Fsp3) is 0.400. The summed E-state index contributed by atoms with van der Waals surface area (Å²) < 4.78 is 20.2. The summed E-state index contributed by atoms with van der Waals surface area (Å²) in [6.45, 7) is 4.67. The van der Waals surface area contributed by atoms with Gasteiger partial charge in [-0.25, -0.2) is 4.39 Å². The van der Waals surface area contributed by atoms with Crippen LogP contribution in [0, 0.1) is 12.7 Å². The Kier molecular flexibility index (Phi) is 4.70. The molecule has 7 nitrogen and oxygen atoms in total. The van der Waals surface area contributed by atoms with E-state index in [4.69, 9.17) is 4.52 Å². The first-order valence-corrected chi connectivity index (χ1v) is 9.36. The van der Waals surface area contributed by atoms with Gasteiger partial charge in [-0.2, -0.15) is 10.1 Å². The second-order valence-electron chi connectivity index (χ2n) is 7.36. The van der Waals surface area contributed by atoms with E-state index in [1.165, 1.54) is 12.1 Å². The summed E-state index contributed by atoms with van der Waals surface area (Å²) in [5.74, 6) is 0.431. The van der Waals surface area contributed by atoms with Crippen molar-refractivity contribution < 1.29 is 13.7 Å². The zero-order valence-corrected chi connectivity index (χ0v) is 15.9. The van der Waals surface area contributed by atoms with Crippen LogP contribution >= 0.6 is 0 Å². The maximum Gasteiger partial charge on any atom is 0.258 e. The summed E-state index contributed by atoms with van der Waals surface area (Å²) in [5, 5.41) is 8.46. The molecule has 0 spiro atoms. The predicted octanol–water partition coefficient (Wildman–Crippen LogP) is 3.31. The van der Waals surface area contributed by atoms with Gasteiger partial charge in [0.25, 0.3) is 5.89 Å². The van der Waals surface area contributed by atoms with Gasteiger partial charge in [-0.1, -0.05) is 5.16 Å². The van der Waals surface area contributed by atoms with Gasteiger partial charge in [-0.05, 0) is 63.4 Å². The summed E-state index contributed by atoms with van der Waals surface area (Å²) >= 11 is 0. The monoisotopic (exact) mass is 383 g/mol. The fourth-order valence-corrected chi connectivity index (χ4v) is 3.68. The predicted molar refractivity (Wildman–Crippen MR) is 99.6 cm³/mol. The maximum absolute atomic E-state index is 13.2. The molecule has 1 saturated heterocycles. The normalized spacial score (nSPS) is 19.8. The average molecular weight is 383 g/mol. The van der Waals surface area contributed by atoms with Gasteiger partial charge in [0.1, 0.15) is 17.9 Å². The Labute approximate surface area is 162 Å². The lowest BCUT2D eigenvalue weighted by molar-refractivity contribution is -0.141. The molecule has 28 heavy (non-hydrogen) atoms. The number of benzene rings is 1. The van der Waals surface area contributed by atoms with E-state index in [-0.39, 0.29) is 18.3 Å². The minimum Gasteiger partial charge on any atom is -0.334 e. The van der Waals surface area contributed by atoms with Crippen LogP contribution in [-0.4, -0.2) is 37.3 Å². The molecule has 8 heteroatoms. The van der Waals surface area contributed by atoms with Gasteiger partial charge in [0.15, 0.2) is 5.82 Å². The number of aryl methyl sites for hydroxylation is 1. The average Bonchev–Trinajstić information content (AvgIpc) is 3.32. The molecule has 0 saturated carbocycles. The molecule has 1 aromatic carbocycles. The highest BCUT2D eigenvalue weighted by atomic mass is 19.1. The van der Waals surface area contributed by atoms with Crippen molar-refractivity contribution in [3.8, 4) is 11.5 Å². The van der Waals surface area contributed by atoms with Crippen molar-refractivity contribution in [3.05, 3.63) is 53.9 Å². The van der Waals surface area contributed by atoms with Crippen LogP contribution in [0.2, 0.25) is 0 Å². The van der Waals surface area contributed by atoms with Crippen LogP contribution < -0.4 is 0 Å². The molecule has 0 N–H and O–H groups in total. The smallest absolute Gasteiger partial charge is 0.258 e. The fourth-order valence-electron chi connectivity index (χ4n) is 3.68. The second-order valence-corrected chi connectivity index (χ2v) is 7.36. The molecule has 3 aromatic rings. The summed E-state index contributed by atoms with van der Waals surface area (Å²) in [5.41, 5.74) is 0.861. The number of rotatable bonds is 4. The summed E-state index contributed by atoms with van der Waals surface area (Å²) in [6.07, 6.45) is 4.46. The molecule has 1 unspecified atom stereocenters. The highest BCUT2D eigenvalue weighted by molar-refractivity contribution is 5.77. The lowest BCUT2D eigenvalue weighted by Gasteiger charge is -2.42. The topological polar surface area (TPSA) is 77.0 Å². The van der Waals surface area contributed by atoms with E-state index in [0.717, 1.165) is 25.0 Å². The van der Waals surface area contributed by atoms with Crippen molar-refractivity contribution in [2.45, 2.75) is 45.2 Å². The van der Waals surface area contributed by atoms with Crippen LogP contribution in [0.3, 0.4) is 0 Å². The molecule has 1 fully saturated rings. The Bertz CT molecular complexity index is 981. The molecular formula is C20H22FN5O2. The molecule has 1 amide bonds. The molecule has 0 radical (unpaired) electrons. The first-order valence-electron chi connectivity index (χ1n) is 9.36. The van der Waals surface area contributed by atoms with Crippen molar-refractivity contribution in [1.29, 1.82) is 0 Å². The number of amides is 1. The van der Waals surface area contributed by atoms with Gasteiger partial charge >= 0.3 is 0 Å². The molecule has 0 bridgehead atoms. The van der Waals surface area contributed by atoms with Crippen LogP contribution in [0.25, 0.3) is 11.5 Å². The van der Waals surface area contributed by atoms with Crippen LogP contribution in [0.1, 0.15) is 37.7 Å². The summed E-state index contributed by atoms with van der Waals surface area (Å²) in [7, 11) is 0. The zero-order valence-electron chi connectivity index (χ0n) is 15.9. The number of aromatic nitrogens is 4. The number of carbonyl (C=O) groups excluding carboxylic acids is 1. The Morgan fingerprint density at radius 1 is 1.25 bits per heavy atom. The van der Waals surface area contributed by atoms with E-state index in [2.05, 4.69) is 15.2 Å². The third kappa shape index (κ3) is 3.42. The molecule has 2 aromatic heterocycles. The first kappa shape index (κ1) is 18.3. The van der Waals surface area contributed by atoms with Gasteiger partial charge in [0, 0.05) is 18.3 Å². The number of likely N-dealkylation sites (tertiary alicyclic amines) is 1. The van der Waals surface area contributed by atoms with E-state index in [1.807, 2.05) is 24.8 Å². The molecule has 1 aliphatic rings. The number of hydrogen-bond acceptors (Lipinski definition) is 5. The maximum atomic E-state index is 13.2. The minimum absolute atomic E-state index is 0.0292. The van der Waals surface area contributed by atoms with Crippen LogP contribution in [0.4, 0.5) is 4.39 Å². The summed E-state index contributed by atoms with van der Waals surface area (Å²) in [6, 6.07) is 7.77. The van der Waals surface area contributed by atoms with Gasteiger partial charge in [-0.15, -0.1) is 0 Å². The molecule has 146 valence electrons. The zero-order chi connectivity index (χ0) is 19.7. The highest BCUT2D eigenvalue weighted by Gasteiger charge is 2.42. The van der Waals surface area contributed by atoms with Gasteiger partial charge in [0.05, 0.1) is 5.69 Å². The van der Waals surface area contributed by atoms with E-state index in [1.54, 1.807) is 23.0 Å². The van der Waals surface area contributed by atoms with E-state index >= 15 is 0 Å². The van der Waals surface area contributed by atoms with E-state index in [0.29, 0.717) is 23.8 Å². The highest BCUT2D eigenvalue weighted by Crippen LogP contribution is 2.37. The largest absolute Gasteiger partial charge is 0.334 e. The number of hydrogen-bond donors (Lipinski definition) is 0. The molecular weight excluding hydrogens is 361 g/mol. The Hall–Kier alpha value is -3.03. The van der Waals surface area contributed by atoms with Crippen molar-refractivity contribution in [2.24, 2.45) is 0 Å². The first-order chi connectivity index (χ1) is 13.5.